The maximum Gasteiger partial charge on any atom is 0.227 e. The standard InChI is InChI=1S/C11H20N2O/c1-9-3-2-6-13(8-9)11(14)10-4-5-12-7-10/h9-10,12H,2-8H2,1H3/t9-,10+/m0/s1. The average Bonchev–Trinajstić information content (AvgIpc) is 2.69. The van der Waals surface area contributed by atoms with Gasteiger partial charge in [-0.15, -0.1) is 0 Å². The summed E-state index contributed by atoms with van der Waals surface area (Å²) in [5.74, 6) is 1.35. The quantitative estimate of drug-likeness (QED) is 0.674. The van der Waals surface area contributed by atoms with E-state index in [-0.39, 0.29) is 5.92 Å². The molecule has 0 aromatic heterocycles. The van der Waals surface area contributed by atoms with Crippen LogP contribution < -0.4 is 5.32 Å². The summed E-state index contributed by atoms with van der Waals surface area (Å²) >= 11 is 0. The number of nitrogens with one attached hydrogen (secondary N) is 1. The van der Waals surface area contributed by atoms with Gasteiger partial charge in [0.05, 0.1) is 5.92 Å². The SMILES string of the molecule is C[C@H]1CCCN(C(=O)[C@@H]2CCNC2)C1. The molecule has 3 nitrogen and oxygen atoms in total. The molecule has 0 spiro atoms. The predicted molar refractivity (Wildman–Crippen MR) is 56.0 cm³/mol. The third-order valence-corrected chi connectivity index (χ3v) is 3.38. The minimum atomic E-state index is 0.264. The van der Waals surface area contributed by atoms with Crippen molar-refractivity contribution in [1.29, 1.82) is 0 Å². The van der Waals surface area contributed by atoms with Crippen molar-refractivity contribution in [2.45, 2.75) is 26.2 Å². The van der Waals surface area contributed by atoms with Crippen molar-refractivity contribution in [2.24, 2.45) is 11.8 Å². The van der Waals surface area contributed by atoms with E-state index in [0.29, 0.717) is 11.8 Å². The van der Waals surface area contributed by atoms with Crippen molar-refractivity contribution in [3.05, 3.63) is 0 Å². The van der Waals surface area contributed by atoms with Gasteiger partial charge in [-0.3, -0.25) is 4.79 Å². The smallest absolute Gasteiger partial charge is 0.227 e. The number of hydrogen-bond donors (Lipinski definition) is 1. The van der Waals surface area contributed by atoms with Gasteiger partial charge >= 0.3 is 0 Å². The lowest BCUT2D eigenvalue weighted by molar-refractivity contribution is -0.136. The molecule has 2 atom stereocenters. The summed E-state index contributed by atoms with van der Waals surface area (Å²) in [6, 6.07) is 0. The fourth-order valence-electron chi connectivity index (χ4n) is 2.51. The van der Waals surface area contributed by atoms with Crippen LogP contribution in [0.1, 0.15) is 26.2 Å². The third kappa shape index (κ3) is 2.08. The summed E-state index contributed by atoms with van der Waals surface area (Å²) in [5, 5.41) is 3.26. The molecule has 0 radical (unpaired) electrons. The molecule has 2 fully saturated rings. The minimum absolute atomic E-state index is 0.264. The first-order valence-corrected chi connectivity index (χ1v) is 5.77. The number of carbonyl (C=O) groups is 1. The highest BCUT2D eigenvalue weighted by atomic mass is 16.2. The van der Waals surface area contributed by atoms with Crippen molar-refractivity contribution in [3.8, 4) is 0 Å². The van der Waals surface area contributed by atoms with E-state index in [9.17, 15) is 4.79 Å². The normalized spacial score (nSPS) is 33.4. The van der Waals surface area contributed by atoms with E-state index in [0.717, 1.165) is 32.6 Å². The van der Waals surface area contributed by atoms with Crippen LogP contribution in [0.4, 0.5) is 0 Å². The van der Waals surface area contributed by atoms with E-state index in [1.807, 2.05) is 0 Å². The largest absolute Gasteiger partial charge is 0.342 e. The topological polar surface area (TPSA) is 32.3 Å². The lowest BCUT2D eigenvalue weighted by Crippen LogP contribution is -2.42. The molecular formula is C11H20N2O. The number of likely N-dealkylation sites (tertiary alicyclic amines) is 1. The highest BCUT2D eigenvalue weighted by molar-refractivity contribution is 5.79. The molecule has 2 aliphatic heterocycles. The Morgan fingerprint density at radius 3 is 2.93 bits per heavy atom. The Kier molecular flexibility index (Phi) is 3.06. The number of hydrogen-bond acceptors (Lipinski definition) is 2. The maximum atomic E-state index is 12.0. The van der Waals surface area contributed by atoms with Crippen LogP contribution in [-0.4, -0.2) is 37.0 Å². The summed E-state index contributed by atoms with van der Waals surface area (Å²) in [4.78, 5) is 14.1. The number of piperidine rings is 1. The summed E-state index contributed by atoms with van der Waals surface area (Å²) in [6.07, 6.45) is 3.50. The van der Waals surface area contributed by atoms with Crippen LogP contribution >= 0.6 is 0 Å². The lowest BCUT2D eigenvalue weighted by atomic mass is 9.98. The summed E-state index contributed by atoms with van der Waals surface area (Å²) in [6.45, 7) is 6.12. The Morgan fingerprint density at radius 1 is 1.43 bits per heavy atom. The molecule has 0 aromatic rings. The molecule has 0 bridgehead atoms. The van der Waals surface area contributed by atoms with Crippen molar-refractivity contribution >= 4 is 5.91 Å². The van der Waals surface area contributed by atoms with Gasteiger partial charge in [0.2, 0.25) is 5.91 Å². The average molecular weight is 196 g/mol. The molecule has 0 aliphatic carbocycles. The zero-order valence-electron chi connectivity index (χ0n) is 8.96. The van der Waals surface area contributed by atoms with Crippen molar-refractivity contribution in [3.63, 3.8) is 0 Å². The Labute approximate surface area is 85.8 Å². The van der Waals surface area contributed by atoms with Gasteiger partial charge in [0.1, 0.15) is 0 Å². The molecule has 0 saturated carbocycles. The maximum absolute atomic E-state index is 12.0. The summed E-state index contributed by atoms with van der Waals surface area (Å²) < 4.78 is 0. The van der Waals surface area contributed by atoms with E-state index in [1.165, 1.54) is 12.8 Å². The summed E-state index contributed by atoms with van der Waals surface area (Å²) in [5.41, 5.74) is 0. The predicted octanol–water partition coefficient (Wildman–Crippen LogP) is 0.854. The molecule has 3 heteroatoms. The van der Waals surface area contributed by atoms with Crippen LogP contribution in [0.5, 0.6) is 0 Å². The van der Waals surface area contributed by atoms with Crippen molar-refractivity contribution in [2.75, 3.05) is 26.2 Å². The first kappa shape index (κ1) is 9.97. The van der Waals surface area contributed by atoms with Crippen molar-refractivity contribution in [1.82, 2.24) is 10.2 Å². The molecule has 0 aromatic carbocycles. The fraction of sp³-hybridized carbons (Fsp3) is 0.909. The molecule has 2 saturated heterocycles. The van der Waals surface area contributed by atoms with E-state index in [2.05, 4.69) is 17.1 Å². The molecule has 2 heterocycles. The van der Waals surface area contributed by atoms with E-state index < -0.39 is 0 Å². The zero-order chi connectivity index (χ0) is 9.97. The first-order valence-electron chi connectivity index (χ1n) is 5.77. The van der Waals surface area contributed by atoms with Gasteiger partial charge in [0, 0.05) is 19.6 Å². The van der Waals surface area contributed by atoms with Gasteiger partial charge < -0.3 is 10.2 Å². The molecular weight excluding hydrogens is 176 g/mol. The molecule has 1 N–H and O–H groups in total. The number of rotatable bonds is 1. The Hall–Kier alpha value is -0.570. The van der Waals surface area contributed by atoms with Crippen LogP contribution in [0, 0.1) is 11.8 Å². The first-order chi connectivity index (χ1) is 6.77. The van der Waals surface area contributed by atoms with E-state index in [4.69, 9.17) is 0 Å². The Balaban J connectivity index is 1.89. The van der Waals surface area contributed by atoms with E-state index in [1.54, 1.807) is 0 Å². The third-order valence-electron chi connectivity index (χ3n) is 3.38. The minimum Gasteiger partial charge on any atom is -0.342 e. The number of carbonyl (C=O) groups excluding carboxylic acids is 1. The van der Waals surface area contributed by atoms with Crippen LogP contribution in [0.2, 0.25) is 0 Å². The second kappa shape index (κ2) is 4.30. The number of amides is 1. The summed E-state index contributed by atoms with van der Waals surface area (Å²) in [7, 11) is 0. The van der Waals surface area contributed by atoms with Gasteiger partial charge in [-0.2, -0.15) is 0 Å². The van der Waals surface area contributed by atoms with Crippen LogP contribution in [0.3, 0.4) is 0 Å². The van der Waals surface area contributed by atoms with Gasteiger partial charge in [0.25, 0.3) is 0 Å². The van der Waals surface area contributed by atoms with Crippen LogP contribution in [0.15, 0.2) is 0 Å². The Morgan fingerprint density at radius 2 is 2.29 bits per heavy atom. The van der Waals surface area contributed by atoms with Gasteiger partial charge in [-0.25, -0.2) is 0 Å². The molecule has 14 heavy (non-hydrogen) atoms. The highest BCUT2D eigenvalue weighted by Crippen LogP contribution is 2.19. The molecule has 0 unspecified atom stereocenters. The van der Waals surface area contributed by atoms with Gasteiger partial charge in [-0.1, -0.05) is 6.92 Å². The van der Waals surface area contributed by atoms with Crippen LogP contribution in [0.25, 0.3) is 0 Å². The second-order valence-corrected chi connectivity index (χ2v) is 4.72. The second-order valence-electron chi connectivity index (χ2n) is 4.72. The lowest BCUT2D eigenvalue weighted by Gasteiger charge is -2.32. The highest BCUT2D eigenvalue weighted by Gasteiger charge is 2.29. The van der Waals surface area contributed by atoms with Crippen LogP contribution in [-0.2, 0) is 4.79 Å². The Bertz CT molecular complexity index is 211. The van der Waals surface area contributed by atoms with Crippen molar-refractivity contribution < 1.29 is 4.79 Å². The molecule has 80 valence electrons. The molecule has 1 amide bonds. The van der Waals surface area contributed by atoms with Gasteiger partial charge in [-0.05, 0) is 31.7 Å². The monoisotopic (exact) mass is 196 g/mol. The molecule has 2 aliphatic rings. The van der Waals surface area contributed by atoms with E-state index >= 15 is 0 Å². The fourth-order valence-corrected chi connectivity index (χ4v) is 2.51. The number of nitrogens with zero attached hydrogens (tertiary/aromatic N) is 1. The molecule has 2 rings (SSSR count). The zero-order valence-corrected chi connectivity index (χ0v) is 8.96. The van der Waals surface area contributed by atoms with Gasteiger partial charge in [0.15, 0.2) is 0 Å².